The molecule has 8 nitrogen and oxygen atoms in total. The van der Waals surface area contributed by atoms with Crippen molar-refractivity contribution in [3.8, 4) is 0 Å². The van der Waals surface area contributed by atoms with Crippen molar-refractivity contribution in [1.82, 2.24) is 5.32 Å². The Morgan fingerprint density at radius 3 is 2.23 bits per heavy atom. The van der Waals surface area contributed by atoms with Crippen LogP contribution in [0.25, 0.3) is 0 Å². The van der Waals surface area contributed by atoms with Gasteiger partial charge in [-0.05, 0) is 34.1 Å². The van der Waals surface area contributed by atoms with Crippen LogP contribution in [0.15, 0.2) is 0 Å². The number of alkyl carbamates (subject to hydrolysis) is 1. The van der Waals surface area contributed by atoms with E-state index < -0.39 is 29.4 Å². The molecular formula is C14H26N2O6. The highest BCUT2D eigenvalue weighted by Gasteiger charge is 2.33. The first-order valence-corrected chi connectivity index (χ1v) is 7.12. The van der Waals surface area contributed by atoms with Crippen LogP contribution in [-0.4, -0.2) is 42.5 Å². The fourth-order valence-electron chi connectivity index (χ4n) is 1.16. The fourth-order valence-corrected chi connectivity index (χ4v) is 1.16. The molecule has 0 saturated heterocycles. The first kappa shape index (κ1) is 20.2. The molecule has 0 aromatic heterocycles. The van der Waals surface area contributed by atoms with Crippen molar-refractivity contribution in [2.45, 2.75) is 58.6 Å². The van der Waals surface area contributed by atoms with Crippen LogP contribution in [-0.2, 0) is 19.0 Å². The van der Waals surface area contributed by atoms with Crippen molar-refractivity contribution in [2.75, 3.05) is 13.2 Å². The van der Waals surface area contributed by atoms with Crippen LogP contribution in [0.4, 0.5) is 9.59 Å². The summed E-state index contributed by atoms with van der Waals surface area (Å²) >= 11 is 0. The van der Waals surface area contributed by atoms with E-state index in [1.807, 2.05) is 6.92 Å². The summed E-state index contributed by atoms with van der Waals surface area (Å²) in [4.78, 5) is 34.5. The van der Waals surface area contributed by atoms with Crippen molar-refractivity contribution < 1.29 is 28.6 Å². The molecule has 0 unspecified atom stereocenters. The Labute approximate surface area is 130 Å². The summed E-state index contributed by atoms with van der Waals surface area (Å²) in [6.07, 6.45) is -0.311. The highest BCUT2D eigenvalue weighted by atomic mass is 16.7. The summed E-state index contributed by atoms with van der Waals surface area (Å²) in [5, 5.41) is 2.35. The summed E-state index contributed by atoms with van der Waals surface area (Å²) < 4.78 is 14.2. The molecule has 0 aliphatic carbocycles. The van der Waals surface area contributed by atoms with Crippen molar-refractivity contribution >= 4 is 18.2 Å². The average molecular weight is 318 g/mol. The number of rotatable bonds is 6. The predicted octanol–water partition coefficient (Wildman–Crippen LogP) is 1.71. The van der Waals surface area contributed by atoms with Gasteiger partial charge in [-0.1, -0.05) is 13.3 Å². The second-order valence-electron chi connectivity index (χ2n) is 6.11. The molecule has 0 saturated carbocycles. The predicted molar refractivity (Wildman–Crippen MR) is 79.2 cm³/mol. The van der Waals surface area contributed by atoms with E-state index in [-0.39, 0.29) is 13.2 Å². The van der Waals surface area contributed by atoms with Crippen LogP contribution >= 0.6 is 0 Å². The van der Waals surface area contributed by atoms with E-state index in [4.69, 9.17) is 15.2 Å². The number of nitrogens with two attached hydrogens (primary N) is 1. The van der Waals surface area contributed by atoms with Crippen LogP contribution in [0.1, 0.15) is 47.5 Å². The van der Waals surface area contributed by atoms with Crippen molar-refractivity contribution in [2.24, 2.45) is 5.73 Å². The maximum absolute atomic E-state index is 11.8. The van der Waals surface area contributed by atoms with Gasteiger partial charge in [-0.3, -0.25) is 0 Å². The van der Waals surface area contributed by atoms with Crippen LogP contribution < -0.4 is 11.1 Å². The lowest BCUT2D eigenvalue weighted by Crippen LogP contribution is -2.55. The molecular weight excluding hydrogens is 292 g/mol. The van der Waals surface area contributed by atoms with Gasteiger partial charge in [-0.15, -0.1) is 0 Å². The number of ether oxygens (including phenoxy) is 3. The highest BCUT2D eigenvalue weighted by molar-refractivity contribution is 5.89. The van der Waals surface area contributed by atoms with Crippen LogP contribution in [0.3, 0.4) is 0 Å². The third kappa shape index (κ3) is 9.17. The molecule has 0 heterocycles. The number of hydrogen-bond donors (Lipinski definition) is 2. The quantitative estimate of drug-likeness (QED) is 0.435. The number of esters is 1. The molecule has 22 heavy (non-hydrogen) atoms. The van der Waals surface area contributed by atoms with E-state index >= 15 is 0 Å². The zero-order valence-corrected chi connectivity index (χ0v) is 13.9. The van der Waals surface area contributed by atoms with Gasteiger partial charge in [0, 0.05) is 6.54 Å². The summed E-state index contributed by atoms with van der Waals surface area (Å²) in [6, 6.07) is 0. The van der Waals surface area contributed by atoms with Crippen molar-refractivity contribution in [3.63, 3.8) is 0 Å². The molecule has 0 aliphatic heterocycles. The van der Waals surface area contributed by atoms with Crippen molar-refractivity contribution in [3.05, 3.63) is 0 Å². The summed E-state index contributed by atoms with van der Waals surface area (Å²) in [5.74, 6) is -0.995. The number of nitrogens with one attached hydrogen (secondary N) is 1. The van der Waals surface area contributed by atoms with Gasteiger partial charge < -0.3 is 25.3 Å². The fraction of sp³-hybridized carbons (Fsp3) is 0.786. The van der Waals surface area contributed by atoms with Gasteiger partial charge in [0.1, 0.15) is 11.1 Å². The molecule has 1 atom stereocenters. The molecule has 0 aromatic carbocycles. The molecule has 3 N–H and O–H groups in total. The van der Waals surface area contributed by atoms with E-state index in [0.29, 0.717) is 6.42 Å². The summed E-state index contributed by atoms with van der Waals surface area (Å²) in [5.41, 5.74) is 3.47. The first-order valence-electron chi connectivity index (χ1n) is 7.12. The lowest BCUT2D eigenvalue weighted by atomic mass is 10.1. The Hall–Kier alpha value is -1.83. The van der Waals surface area contributed by atoms with Crippen LogP contribution in [0.2, 0.25) is 0 Å². The van der Waals surface area contributed by atoms with Crippen LogP contribution in [0, 0.1) is 0 Å². The minimum absolute atomic E-state index is 0.167. The van der Waals surface area contributed by atoms with E-state index in [9.17, 15) is 14.4 Å². The number of amides is 1. The SMILES string of the molecule is CCCCOC(=O)OC(=O)[C@@](C)(N)CNC(=O)OC(C)(C)C. The Bertz CT molecular complexity index is 401. The van der Waals surface area contributed by atoms with Gasteiger partial charge in [0.05, 0.1) is 6.61 Å². The second-order valence-corrected chi connectivity index (χ2v) is 6.11. The van der Waals surface area contributed by atoms with Crippen LogP contribution in [0.5, 0.6) is 0 Å². The zero-order valence-electron chi connectivity index (χ0n) is 13.9. The molecule has 0 fully saturated rings. The number of hydrogen-bond acceptors (Lipinski definition) is 7. The highest BCUT2D eigenvalue weighted by Crippen LogP contribution is 2.08. The third-order valence-electron chi connectivity index (χ3n) is 2.36. The number of unbranched alkanes of at least 4 members (excludes halogenated alkanes) is 1. The summed E-state index contributed by atoms with van der Waals surface area (Å²) in [6.45, 7) is 8.28. The molecule has 0 aliphatic rings. The molecule has 128 valence electrons. The topological polar surface area (TPSA) is 117 Å². The first-order chi connectivity index (χ1) is 9.98. The molecule has 0 radical (unpaired) electrons. The monoisotopic (exact) mass is 318 g/mol. The van der Waals surface area contributed by atoms with E-state index in [0.717, 1.165) is 6.42 Å². The molecule has 0 aromatic rings. The van der Waals surface area contributed by atoms with E-state index in [1.165, 1.54) is 6.92 Å². The molecule has 1 amide bonds. The normalized spacial score (nSPS) is 13.7. The second kappa shape index (κ2) is 8.57. The Morgan fingerprint density at radius 2 is 1.73 bits per heavy atom. The number of carbonyl (C=O) groups is 3. The molecule has 0 spiro atoms. The van der Waals surface area contributed by atoms with Gasteiger partial charge in [0.15, 0.2) is 0 Å². The maximum atomic E-state index is 11.8. The molecule has 8 heteroatoms. The minimum Gasteiger partial charge on any atom is -0.444 e. The Kier molecular flexibility index (Phi) is 7.86. The number of carbonyl (C=O) groups excluding carboxylic acids is 3. The van der Waals surface area contributed by atoms with Gasteiger partial charge >= 0.3 is 18.2 Å². The van der Waals surface area contributed by atoms with Gasteiger partial charge in [0.25, 0.3) is 0 Å². The Balaban J connectivity index is 4.28. The van der Waals surface area contributed by atoms with Gasteiger partial charge in [0.2, 0.25) is 0 Å². The van der Waals surface area contributed by atoms with Gasteiger partial charge in [-0.2, -0.15) is 0 Å². The van der Waals surface area contributed by atoms with E-state index in [1.54, 1.807) is 20.8 Å². The van der Waals surface area contributed by atoms with Crippen molar-refractivity contribution in [1.29, 1.82) is 0 Å². The zero-order chi connectivity index (χ0) is 17.4. The smallest absolute Gasteiger partial charge is 0.444 e. The molecule has 0 rings (SSSR count). The minimum atomic E-state index is -1.58. The Morgan fingerprint density at radius 1 is 1.14 bits per heavy atom. The standard InChI is InChI=1S/C14H26N2O6/c1-6-7-8-20-12(19)21-10(17)14(5,15)9-16-11(18)22-13(2,3)4/h6-9,15H2,1-5H3,(H,16,18)/t14-/m0/s1. The lowest BCUT2D eigenvalue weighted by molar-refractivity contribution is -0.145. The molecule has 0 bridgehead atoms. The summed E-state index contributed by atoms with van der Waals surface area (Å²) in [7, 11) is 0. The third-order valence-corrected chi connectivity index (χ3v) is 2.36. The lowest BCUT2D eigenvalue weighted by Gasteiger charge is -2.24. The van der Waals surface area contributed by atoms with E-state index in [2.05, 4.69) is 10.1 Å². The maximum Gasteiger partial charge on any atom is 0.516 e. The average Bonchev–Trinajstić information content (AvgIpc) is 2.34. The van der Waals surface area contributed by atoms with Gasteiger partial charge in [-0.25, -0.2) is 14.4 Å². The largest absolute Gasteiger partial charge is 0.516 e.